The molecular weight excluding hydrogens is 236 g/mol. The van der Waals surface area contributed by atoms with Crippen LogP contribution in [0.5, 0.6) is 0 Å². The topological polar surface area (TPSA) is 26.3 Å². The van der Waals surface area contributed by atoms with Crippen molar-refractivity contribution in [2.24, 2.45) is 5.92 Å². The molecule has 19 heavy (non-hydrogen) atoms. The van der Waals surface area contributed by atoms with Crippen molar-refractivity contribution in [3.63, 3.8) is 0 Å². The average Bonchev–Trinajstić information content (AvgIpc) is 2.47. The largest absolute Gasteiger partial charge is 0.462 e. The van der Waals surface area contributed by atoms with Gasteiger partial charge >= 0.3 is 5.97 Å². The first-order chi connectivity index (χ1) is 9.29. The van der Waals surface area contributed by atoms with Crippen molar-refractivity contribution in [1.29, 1.82) is 0 Å². The second kappa shape index (κ2) is 7.32. The highest BCUT2D eigenvalue weighted by Gasteiger charge is 2.26. The van der Waals surface area contributed by atoms with Crippen LogP contribution < -0.4 is 0 Å². The molecule has 2 heteroatoms. The number of benzene rings is 1. The molecule has 0 aromatic heterocycles. The van der Waals surface area contributed by atoms with Crippen molar-refractivity contribution < 1.29 is 9.53 Å². The standard InChI is InChI=1S/C17H24O2/c1-2-15-10-6-7-11-16(15)19-17(18)13-12-14-8-4-3-5-9-14/h3-5,8-9,15-16H,2,6-7,10-13H2,1H3. The Morgan fingerprint density at radius 3 is 2.68 bits per heavy atom. The summed E-state index contributed by atoms with van der Waals surface area (Å²) in [7, 11) is 0. The monoisotopic (exact) mass is 260 g/mol. The Morgan fingerprint density at radius 1 is 1.21 bits per heavy atom. The molecule has 2 nitrogen and oxygen atoms in total. The van der Waals surface area contributed by atoms with E-state index in [0.717, 1.165) is 19.3 Å². The van der Waals surface area contributed by atoms with Gasteiger partial charge in [-0.3, -0.25) is 4.79 Å². The lowest BCUT2D eigenvalue weighted by molar-refractivity contribution is -0.153. The van der Waals surface area contributed by atoms with E-state index in [1.807, 2.05) is 18.2 Å². The van der Waals surface area contributed by atoms with Crippen molar-refractivity contribution >= 4 is 5.97 Å². The molecule has 1 aromatic carbocycles. The molecule has 1 fully saturated rings. The van der Waals surface area contributed by atoms with Crippen LogP contribution in [0.15, 0.2) is 30.3 Å². The van der Waals surface area contributed by atoms with Crippen LogP contribution in [0, 0.1) is 5.92 Å². The molecule has 0 saturated heterocycles. The SMILES string of the molecule is CCC1CCCCC1OC(=O)CCc1ccccc1. The van der Waals surface area contributed by atoms with Crippen LogP contribution in [0.2, 0.25) is 0 Å². The van der Waals surface area contributed by atoms with E-state index in [1.54, 1.807) is 0 Å². The average molecular weight is 260 g/mol. The number of hydrogen-bond donors (Lipinski definition) is 0. The minimum Gasteiger partial charge on any atom is -0.462 e. The lowest BCUT2D eigenvalue weighted by Crippen LogP contribution is -2.29. The summed E-state index contributed by atoms with van der Waals surface area (Å²) in [5.41, 5.74) is 1.20. The first-order valence-electron chi connectivity index (χ1n) is 7.53. The molecule has 2 atom stereocenters. The summed E-state index contributed by atoms with van der Waals surface area (Å²) < 4.78 is 5.68. The van der Waals surface area contributed by atoms with Gasteiger partial charge in [-0.25, -0.2) is 0 Å². The number of aryl methyl sites for hydroxylation is 1. The van der Waals surface area contributed by atoms with Gasteiger partial charge < -0.3 is 4.74 Å². The molecule has 1 aliphatic rings. The highest BCUT2D eigenvalue weighted by molar-refractivity contribution is 5.70. The fourth-order valence-electron chi connectivity index (χ4n) is 2.91. The fourth-order valence-corrected chi connectivity index (χ4v) is 2.91. The van der Waals surface area contributed by atoms with Gasteiger partial charge in [0.1, 0.15) is 6.10 Å². The molecule has 0 spiro atoms. The van der Waals surface area contributed by atoms with Gasteiger partial charge in [-0.05, 0) is 43.6 Å². The molecule has 0 bridgehead atoms. The predicted octanol–water partition coefficient (Wildman–Crippen LogP) is 4.13. The maximum absolute atomic E-state index is 11.9. The molecule has 2 rings (SSSR count). The second-order valence-corrected chi connectivity index (χ2v) is 5.47. The molecule has 1 aliphatic carbocycles. The predicted molar refractivity (Wildman–Crippen MR) is 76.9 cm³/mol. The van der Waals surface area contributed by atoms with Gasteiger partial charge in [0.15, 0.2) is 0 Å². The Bertz CT molecular complexity index is 386. The van der Waals surface area contributed by atoms with E-state index in [-0.39, 0.29) is 12.1 Å². The molecule has 2 unspecified atom stereocenters. The van der Waals surface area contributed by atoms with Crippen molar-refractivity contribution in [2.75, 3.05) is 0 Å². The zero-order valence-electron chi connectivity index (χ0n) is 11.8. The van der Waals surface area contributed by atoms with E-state index in [4.69, 9.17) is 4.74 Å². The summed E-state index contributed by atoms with van der Waals surface area (Å²) >= 11 is 0. The van der Waals surface area contributed by atoms with Crippen LogP contribution in [0.1, 0.15) is 51.0 Å². The van der Waals surface area contributed by atoms with Gasteiger partial charge in [0, 0.05) is 6.42 Å². The highest BCUT2D eigenvalue weighted by atomic mass is 16.5. The Kier molecular flexibility index (Phi) is 5.44. The van der Waals surface area contributed by atoms with E-state index >= 15 is 0 Å². The van der Waals surface area contributed by atoms with Crippen LogP contribution in [-0.2, 0) is 16.0 Å². The smallest absolute Gasteiger partial charge is 0.306 e. The van der Waals surface area contributed by atoms with Crippen LogP contribution in [0.4, 0.5) is 0 Å². The minimum atomic E-state index is -0.0331. The number of carbonyl (C=O) groups excluding carboxylic acids is 1. The summed E-state index contributed by atoms with van der Waals surface area (Å²) in [6.07, 6.45) is 7.32. The second-order valence-electron chi connectivity index (χ2n) is 5.47. The van der Waals surface area contributed by atoms with Gasteiger partial charge in [-0.15, -0.1) is 0 Å². The molecule has 1 aromatic rings. The third kappa shape index (κ3) is 4.38. The van der Waals surface area contributed by atoms with Crippen LogP contribution in [-0.4, -0.2) is 12.1 Å². The van der Waals surface area contributed by atoms with E-state index in [0.29, 0.717) is 12.3 Å². The molecule has 0 amide bonds. The van der Waals surface area contributed by atoms with Crippen LogP contribution in [0.25, 0.3) is 0 Å². The molecule has 104 valence electrons. The van der Waals surface area contributed by atoms with Gasteiger partial charge in [0.2, 0.25) is 0 Å². The molecule has 0 N–H and O–H groups in total. The fraction of sp³-hybridized carbons (Fsp3) is 0.588. The van der Waals surface area contributed by atoms with E-state index < -0.39 is 0 Å². The zero-order chi connectivity index (χ0) is 13.5. The number of hydrogen-bond acceptors (Lipinski definition) is 2. The van der Waals surface area contributed by atoms with Crippen LogP contribution >= 0.6 is 0 Å². The van der Waals surface area contributed by atoms with Gasteiger partial charge in [-0.2, -0.15) is 0 Å². The summed E-state index contributed by atoms with van der Waals surface area (Å²) in [4.78, 5) is 11.9. The van der Waals surface area contributed by atoms with Gasteiger partial charge in [-0.1, -0.05) is 43.7 Å². The Labute approximate surface area is 116 Å². The molecule has 0 aliphatic heterocycles. The summed E-state index contributed by atoms with van der Waals surface area (Å²) in [6, 6.07) is 10.1. The number of esters is 1. The first-order valence-corrected chi connectivity index (χ1v) is 7.53. The quantitative estimate of drug-likeness (QED) is 0.744. The van der Waals surface area contributed by atoms with Crippen molar-refractivity contribution in [3.05, 3.63) is 35.9 Å². The first kappa shape index (κ1) is 14.1. The Hall–Kier alpha value is -1.31. The number of carbonyl (C=O) groups is 1. The number of rotatable bonds is 5. The number of ether oxygens (including phenoxy) is 1. The zero-order valence-corrected chi connectivity index (χ0v) is 11.8. The van der Waals surface area contributed by atoms with E-state index in [1.165, 1.54) is 24.8 Å². The minimum absolute atomic E-state index is 0.0331. The Morgan fingerprint density at radius 2 is 1.95 bits per heavy atom. The lowest BCUT2D eigenvalue weighted by Gasteiger charge is -2.30. The normalized spacial score (nSPS) is 23.0. The third-order valence-electron chi connectivity index (χ3n) is 4.11. The summed E-state index contributed by atoms with van der Waals surface area (Å²) in [5, 5.41) is 0. The highest BCUT2D eigenvalue weighted by Crippen LogP contribution is 2.29. The third-order valence-corrected chi connectivity index (χ3v) is 4.11. The lowest BCUT2D eigenvalue weighted by atomic mass is 9.85. The van der Waals surface area contributed by atoms with Crippen molar-refractivity contribution in [2.45, 2.75) is 58.0 Å². The van der Waals surface area contributed by atoms with Crippen molar-refractivity contribution in [1.82, 2.24) is 0 Å². The summed E-state index contributed by atoms with van der Waals surface area (Å²) in [5.74, 6) is 0.545. The summed E-state index contributed by atoms with van der Waals surface area (Å²) in [6.45, 7) is 2.20. The molecule has 1 saturated carbocycles. The molecular formula is C17H24O2. The maximum atomic E-state index is 11.9. The molecule has 0 heterocycles. The van der Waals surface area contributed by atoms with Gasteiger partial charge in [0.05, 0.1) is 0 Å². The van der Waals surface area contributed by atoms with Gasteiger partial charge in [0.25, 0.3) is 0 Å². The van der Waals surface area contributed by atoms with E-state index in [9.17, 15) is 4.79 Å². The Balaban J connectivity index is 1.77. The maximum Gasteiger partial charge on any atom is 0.306 e. The van der Waals surface area contributed by atoms with Crippen molar-refractivity contribution in [3.8, 4) is 0 Å². The molecule has 0 radical (unpaired) electrons. The van der Waals surface area contributed by atoms with Crippen LogP contribution in [0.3, 0.4) is 0 Å². The van der Waals surface area contributed by atoms with E-state index in [2.05, 4.69) is 19.1 Å².